The number of ketones is 2. The third-order valence-electron chi connectivity index (χ3n) is 2.35. The van der Waals surface area contributed by atoms with Gasteiger partial charge in [-0.2, -0.15) is 0 Å². The maximum absolute atomic E-state index is 12.3. The van der Waals surface area contributed by atoms with Gasteiger partial charge in [0.2, 0.25) is 11.6 Å². The molecule has 19 heavy (non-hydrogen) atoms. The Bertz CT molecular complexity index is 498. The van der Waals surface area contributed by atoms with Gasteiger partial charge in [-0.3, -0.25) is 9.59 Å². The topological polar surface area (TPSA) is 62.8 Å². The number of alkyl halides is 2. The predicted octanol–water partition coefficient (Wildman–Crippen LogP) is 2.94. The van der Waals surface area contributed by atoms with Crippen LogP contribution in [0.25, 0.3) is 0 Å². The highest BCUT2D eigenvalue weighted by molar-refractivity contribution is 8.08. The minimum absolute atomic E-state index is 0.192. The fourth-order valence-corrected chi connectivity index (χ4v) is 3.90. The first-order valence-electron chi connectivity index (χ1n) is 5.45. The molecular weight excluding hydrogens is 327 g/mol. The maximum Gasteiger partial charge on any atom is 0.221 e. The summed E-state index contributed by atoms with van der Waals surface area (Å²) < 4.78 is 0. The average Bonchev–Trinajstić information content (AvgIpc) is 2.90. The van der Waals surface area contributed by atoms with Crippen LogP contribution in [0.2, 0.25) is 0 Å². The minimum atomic E-state index is -0.219. The molecule has 4 nitrogen and oxygen atoms in total. The number of carbonyl (C=O) groups is 2. The standard InChI is InChI=1S/C11H10Cl2N2O2S2/c12-1-3-18-10-8(16)6-7(15-5-14-6)9(17)11(10)19-4-2-13/h5H,1-4H2,(H,14,15). The van der Waals surface area contributed by atoms with Crippen molar-refractivity contribution in [1.29, 1.82) is 0 Å². The summed E-state index contributed by atoms with van der Waals surface area (Å²) in [5, 5.41) is 0. The van der Waals surface area contributed by atoms with Gasteiger partial charge in [-0.1, -0.05) is 0 Å². The summed E-state index contributed by atoms with van der Waals surface area (Å²) in [6.07, 6.45) is 1.36. The lowest BCUT2D eigenvalue weighted by Gasteiger charge is -2.16. The fraction of sp³-hybridized carbons (Fsp3) is 0.364. The number of allylic oxidation sites excluding steroid dienone is 2. The molecule has 8 heteroatoms. The summed E-state index contributed by atoms with van der Waals surface area (Å²) in [5.74, 6) is 1.56. The minimum Gasteiger partial charge on any atom is -0.341 e. The van der Waals surface area contributed by atoms with Crippen molar-refractivity contribution in [3.05, 3.63) is 27.5 Å². The Morgan fingerprint density at radius 1 is 1.05 bits per heavy atom. The lowest BCUT2D eigenvalue weighted by Crippen LogP contribution is -2.20. The highest BCUT2D eigenvalue weighted by Crippen LogP contribution is 2.37. The molecule has 102 valence electrons. The number of carbonyl (C=O) groups excluding carboxylic acids is 2. The summed E-state index contributed by atoms with van der Waals surface area (Å²) >= 11 is 13.9. The van der Waals surface area contributed by atoms with Gasteiger partial charge in [-0.15, -0.1) is 46.7 Å². The Morgan fingerprint density at radius 2 is 1.63 bits per heavy atom. The van der Waals surface area contributed by atoms with Crippen LogP contribution in [-0.2, 0) is 0 Å². The zero-order chi connectivity index (χ0) is 13.8. The second-order valence-corrected chi connectivity index (χ2v) is 6.48. The summed E-state index contributed by atoms with van der Waals surface area (Å²) in [7, 11) is 0. The number of imidazole rings is 1. The highest BCUT2D eigenvalue weighted by Gasteiger charge is 2.34. The van der Waals surface area contributed by atoms with Crippen LogP contribution in [0.4, 0.5) is 0 Å². The van der Waals surface area contributed by atoms with E-state index in [2.05, 4.69) is 9.97 Å². The van der Waals surface area contributed by atoms with Crippen LogP contribution in [0.3, 0.4) is 0 Å². The molecule has 0 saturated heterocycles. The second kappa shape index (κ2) is 6.83. The van der Waals surface area contributed by atoms with E-state index in [4.69, 9.17) is 23.2 Å². The quantitative estimate of drug-likeness (QED) is 0.809. The fourth-order valence-electron chi connectivity index (χ4n) is 1.61. The molecule has 0 spiro atoms. The average molecular weight is 337 g/mol. The zero-order valence-corrected chi connectivity index (χ0v) is 12.9. The normalized spacial score (nSPS) is 15.1. The van der Waals surface area contributed by atoms with E-state index in [0.717, 1.165) is 0 Å². The van der Waals surface area contributed by atoms with Gasteiger partial charge >= 0.3 is 0 Å². The lowest BCUT2D eigenvalue weighted by atomic mass is 10.1. The summed E-state index contributed by atoms with van der Waals surface area (Å²) in [6, 6.07) is 0. The van der Waals surface area contributed by atoms with E-state index < -0.39 is 0 Å². The van der Waals surface area contributed by atoms with Crippen LogP contribution in [-0.4, -0.2) is 44.8 Å². The van der Waals surface area contributed by atoms with Crippen LogP contribution in [0, 0.1) is 0 Å². The van der Waals surface area contributed by atoms with E-state index in [9.17, 15) is 9.59 Å². The maximum atomic E-state index is 12.3. The van der Waals surface area contributed by atoms with Crippen molar-refractivity contribution >= 4 is 58.3 Å². The Balaban J connectivity index is 2.38. The van der Waals surface area contributed by atoms with Gasteiger partial charge in [0.25, 0.3) is 0 Å². The van der Waals surface area contributed by atoms with Gasteiger partial charge in [0.1, 0.15) is 11.4 Å². The molecule has 1 heterocycles. The van der Waals surface area contributed by atoms with Gasteiger partial charge in [0.05, 0.1) is 16.1 Å². The molecule has 1 aromatic rings. The number of hydrogen-bond donors (Lipinski definition) is 1. The van der Waals surface area contributed by atoms with Gasteiger partial charge < -0.3 is 4.98 Å². The summed E-state index contributed by atoms with van der Waals surface area (Å²) in [4.78, 5) is 32.1. The van der Waals surface area contributed by atoms with Crippen LogP contribution in [0.1, 0.15) is 21.0 Å². The molecule has 0 bridgehead atoms. The van der Waals surface area contributed by atoms with E-state index in [-0.39, 0.29) is 23.0 Å². The third kappa shape index (κ3) is 3.02. The van der Waals surface area contributed by atoms with Crippen molar-refractivity contribution in [2.75, 3.05) is 23.3 Å². The number of aromatic nitrogens is 2. The zero-order valence-electron chi connectivity index (χ0n) is 9.74. The van der Waals surface area contributed by atoms with Crippen molar-refractivity contribution in [3.8, 4) is 0 Å². The monoisotopic (exact) mass is 336 g/mol. The number of nitrogens with one attached hydrogen (secondary N) is 1. The number of thioether (sulfide) groups is 2. The van der Waals surface area contributed by atoms with E-state index in [1.54, 1.807) is 0 Å². The molecule has 1 aliphatic carbocycles. The van der Waals surface area contributed by atoms with Gasteiger partial charge in [0.15, 0.2) is 0 Å². The van der Waals surface area contributed by atoms with E-state index in [0.29, 0.717) is 33.1 Å². The number of aromatic amines is 1. The first kappa shape index (κ1) is 15.0. The molecule has 0 unspecified atom stereocenters. The van der Waals surface area contributed by atoms with Crippen LogP contribution in [0.15, 0.2) is 16.1 Å². The smallest absolute Gasteiger partial charge is 0.221 e. The molecule has 2 rings (SSSR count). The first-order chi connectivity index (χ1) is 9.20. The lowest BCUT2D eigenvalue weighted by molar-refractivity contribution is 0.0983. The van der Waals surface area contributed by atoms with Gasteiger partial charge in [0, 0.05) is 23.3 Å². The van der Waals surface area contributed by atoms with Crippen molar-refractivity contribution in [1.82, 2.24) is 9.97 Å². The Kier molecular flexibility index (Phi) is 5.38. The summed E-state index contributed by atoms with van der Waals surface area (Å²) in [6.45, 7) is 0. The molecule has 0 atom stereocenters. The molecule has 0 radical (unpaired) electrons. The predicted molar refractivity (Wildman–Crippen MR) is 80.6 cm³/mol. The Hall–Kier alpha value is -0.430. The summed E-state index contributed by atoms with van der Waals surface area (Å²) in [5.41, 5.74) is 0.453. The molecule has 0 aromatic carbocycles. The largest absolute Gasteiger partial charge is 0.341 e. The first-order valence-corrected chi connectivity index (χ1v) is 8.49. The van der Waals surface area contributed by atoms with E-state index >= 15 is 0 Å². The molecule has 1 aromatic heterocycles. The molecular formula is C11H10Cl2N2O2S2. The van der Waals surface area contributed by atoms with Gasteiger partial charge in [-0.05, 0) is 0 Å². The van der Waals surface area contributed by atoms with Crippen molar-refractivity contribution in [3.63, 3.8) is 0 Å². The molecule has 1 aliphatic rings. The number of rotatable bonds is 6. The van der Waals surface area contributed by atoms with E-state index in [1.807, 2.05) is 0 Å². The number of nitrogens with zero attached hydrogens (tertiary/aromatic N) is 1. The third-order valence-corrected chi connectivity index (χ3v) is 5.48. The van der Waals surface area contributed by atoms with Crippen molar-refractivity contribution < 1.29 is 9.59 Å². The second-order valence-electron chi connectivity index (χ2n) is 3.52. The molecule has 0 amide bonds. The Morgan fingerprint density at radius 3 is 2.21 bits per heavy atom. The number of halogens is 2. The van der Waals surface area contributed by atoms with Crippen molar-refractivity contribution in [2.45, 2.75) is 0 Å². The molecule has 0 aliphatic heterocycles. The van der Waals surface area contributed by atoms with Crippen molar-refractivity contribution in [2.24, 2.45) is 0 Å². The number of Topliss-reactive ketones (excluding diaryl/α,β-unsaturated/α-hetero) is 2. The van der Waals surface area contributed by atoms with E-state index in [1.165, 1.54) is 29.9 Å². The SMILES string of the molecule is O=C1C(SCCCl)=C(SCCCl)C(=O)c2[nH]cnc21. The highest BCUT2D eigenvalue weighted by atomic mass is 35.5. The van der Waals surface area contributed by atoms with Crippen LogP contribution < -0.4 is 0 Å². The molecule has 0 fully saturated rings. The van der Waals surface area contributed by atoms with Gasteiger partial charge in [-0.25, -0.2) is 4.98 Å². The molecule has 1 N–H and O–H groups in total. The molecule has 0 saturated carbocycles. The van der Waals surface area contributed by atoms with Crippen LogP contribution in [0.5, 0.6) is 0 Å². The van der Waals surface area contributed by atoms with Crippen LogP contribution >= 0.6 is 46.7 Å². The number of hydrogen-bond acceptors (Lipinski definition) is 5. The number of fused-ring (bicyclic) bond motifs is 1. The number of H-pyrrole nitrogens is 1. The Labute approximate surface area is 128 Å².